The Hall–Kier alpha value is -6.14. The van der Waals surface area contributed by atoms with Crippen LogP contribution in [0.3, 0.4) is 0 Å². The standard InChI is InChI=1S/C38H22N4O2/c1-3-9-32-26(7-1)25-14-12-23(21-31(25)38-40-19-20-41(32)38)43-24-13-15-27-29-16-17-30-28-8-2-4-10-34(28)44-37(30)36(29)42(33(27)22-24)35-11-5-6-18-39-35/h1-22H. The Morgan fingerprint density at radius 3 is 2.20 bits per heavy atom. The highest BCUT2D eigenvalue weighted by Crippen LogP contribution is 2.41. The molecule has 0 N–H and O–H groups in total. The molecule has 5 aromatic heterocycles. The Labute approximate surface area is 250 Å². The zero-order valence-corrected chi connectivity index (χ0v) is 23.3. The van der Waals surface area contributed by atoms with E-state index in [1.165, 1.54) is 5.39 Å². The molecule has 0 radical (unpaired) electrons. The van der Waals surface area contributed by atoms with Gasteiger partial charge in [0.05, 0.1) is 16.6 Å². The molecule has 0 aliphatic rings. The van der Waals surface area contributed by atoms with Crippen molar-refractivity contribution in [2.24, 2.45) is 0 Å². The predicted molar refractivity (Wildman–Crippen MR) is 176 cm³/mol. The largest absolute Gasteiger partial charge is 0.457 e. The Kier molecular flexibility index (Phi) is 4.63. The molecule has 0 atom stereocenters. The van der Waals surface area contributed by atoms with Crippen LogP contribution in [0.5, 0.6) is 11.5 Å². The van der Waals surface area contributed by atoms with Crippen LogP contribution in [0.2, 0.25) is 0 Å². The van der Waals surface area contributed by atoms with Crippen LogP contribution >= 0.6 is 0 Å². The van der Waals surface area contributed by atoms with Gasteiger partial charge in [-0.05, 0) is 66.0 Å². The Morgan fingerprint density at radius 2 is 1.30 bits per heavy atom. The van der Waals surface area contributed by atoms with Gasteiger partial charge in [0.25, 0.3) is 0 Å². The second-order valence-electron chi connectivity index (χ2n) is 11.1. The van der Waals surface area contributed by atoms with E-state index in [0.29, 0.717) is 0 Å². The fraction of sp³-hybridized carbons (Fsp3) is 0. The van der Waals surface area contributed by atoms with Crippen LogP contribution in [0.4, 0.5) is 0 Å². The molecule has 0 saturated heterocycles. The molecular formula is C38H22N4O2. The molecule has 0 bridgehead atoms. The zero-order valence-electron chi connectivity index (χ0n) is 23.3. The van der Waals surface area contributed by atoms with Crippen molar-refractivity contribution in [2.75, 3.05) is 0 Å². The molecule has 5 heterocycles. The number of rotatable bonds is 3. The number of nitrogens with zero attached hydrogens (tertiary/aromatic N) is 4. The SMILES string of the molecule is c1ccc(-n2c3cc(Oc4ccc5c6ccccc6n6ccnc6c5c4)ccc3c3ccc4c5ccccc5oc4c32)nc1. The summed E-state index contributed by atoms with van der Waals surface area (Å²) in [6.07, 6.45) is 5.67. The first-order valence-electron chi connectivity index (χ1n) is 14.6. The summed E-state index contributed by atoms with van der Waals surface area (Å²) in [6, 6.07) is 39.4. The average molecular weight is 567 g/mol. The molecule has 0 aliphatic heterocycles. The van der Waals surface area contributed by atoms with Gasteiger partial charge in [-0.3, -0.25) is 8.97 Å². The maximum atomic E-state index is 6.56. The van der Waals surface area contributed by atoms with Gasteiger partial charge in [-0.2, -0.15) is 0 Å². The summed E-state index contributed by atoms with van der Waals surface area (Å²) in [6.45, 7) is 0. The van der Waals surface area contributed by atoms with Gasteiger partial charge >= 0.3 is 0 Å². The fourth-order valence-corrected chi connectivity index (χ4v) is 6.80. The monoisotopic (exact) mass is 566 g/mol. The topological polar surface area (TPSA) is 57.5 Å². The molecule has 0 spiro atoms. The van der Waals surface area contributed by atoms with Crippen LogP contribution in [-0.4, -0.2) is 18.9 Å². The molecule has 206 valence electrons. The molecule has 0 fully saturated rings. The molecule has 0 amide bonds. The minimum atomic E-state index is 0.734. The Balaban J connectivity index is 1.19. The van der Waals surface area contributed by atoms with Crippen molar-refractivity contribution in [1.29, 1.82) is 0 Å². The minimum absolute atomic E-state index is 0.734. The van der Waals surface area contributed by atoms with Gasteiger partial charge in [0.2, 0.25) is 0 Å². The fourth-order valence-electron chi connectivity index (χ4n) is 6.80. The first-order valence-corrected chi connectivity index (χ1v) is 14.6. The molecule has 10 aromatic rings. The maximum absolute atomic E-state index is 6.56. The second-order valence-corrected chi connectivity index (χ2v) is 11.1. The van der Waals surface area contributed by atoms with Crippen molar-refractivity contribution in [3.8, 4) is 17.3 Å². The van der Waals surface area contributed by atoms with Gasteiger partial charge in [0, 0.05) is 57.0 Å². The van der Waals surface area contributed by atoms with Crippen LogP contribution in [0, 0.1) is 0 Å². The lowest BCUT2D eigenvalue weighted by Gasteiger charge is -2.11. The molecule has 44 heavy (non-hydrogen) atoms. The zero-order chi connectivity index (χ0) is 28.8. The number of furan rings is 1. The number of hydrogen-bond donors (Lipinski definition) is 0. The number of ether oxygens (including phenoxy) is 1. The van der Waals surface area contributed by atoms with Gasteiger partial charge in [-0.1, -0.05) is 48.5 Å². The van der Waals surface area contributed by atoms with Crippen molar-refractivity contribution in [3.63, 3.8) is 0 Å². The third kappa shape index (κ3) is 3.19. The highest BCUT2D eigenvalue weighted by Gasteiger charge is 2.20. The maximum Gasteiger partial charge on any atom is 0.160 e. The normalized spacial score (nSPS) is 12.1. The van der Waals surface area contributed by atoms with Crippen LogP contribution in [0.25, 0.3) is 76.9 Å². The van der Waals surface area contributed by atoms with Crippen molar-refractivity contribution in [2.45, 2.75) is 0 Å². The number of fused-ring (bicyclic) bond motifs is 13. The summed E-state index contributed by atoms with van der Waals surface area (Å²) in [5, 5.41) is 7.75. The van der Waals surface area contributed by atoms with Crippen molar-refractivity contribution in [1.82, 2.24) is 18.9 Å². The second kappa shape index (κ2) is 8.69. The number of benzene rings is 5. The van der Waals surface area contributed by atoms with E-state index < -0.39 is 0 Å². The number of hydrogen-bond acceptors (Lipinski definition) is 4. The summed E-state index contributed by atoms with van der Waals surface area (Å²) >= 11 is 0. The van der Waals surface area contributed by atoms with E-state index in [4.69, 9.17) is 14.1 Å². The quantitative estimate of drug-likeness (QED) is 0.200. The number of para-hydroxylation sites is 2. The van der Waals surface area contributed by atoms with Gasteiger partial charge in [0.15, 0.2) is 5.58 Å². The molecule has 0 unspecified atom stereocenters. The van der Waals surface area contributed by atoms with E-state index >= 15 is 0 Å². The number of imidazole rings is 1. The summed E-state index contributed by atoms with van der Waals surface area (Å²) in [5.41, 5.74) is 5.73. The Bertz CT molecular complexity index is 2750. The van der Waals surface area contributed by atoms with E-state index in [1.54, 1.807) is 0 Å². The lowest BCUT2D eigenvalue weighted by Crippen LogP contribution is -1.97. The summed E-state index contributed by atoms with van der Waals surface area (Å²) in [7, 11) is 0. The van der Waals surface area contributed by atoms with Crippen molar-refractivity contribution < 1.29 is 9.15 Å². The van der Waals surface area contributed by atoms with Gasteiger partial charge in [-0.15, -0.1) is 0 Å². The van der Waals surface area contributed by atoms with Crippen LogP contribution in [-0.2, 0) is 0 Å². The summed E-state index contributed by atoms with van der Waals surface area (Å²) < 4.78 is 17.4. The molecule has 0 aliphatic carbocycles. The molecule has 6 heteroatoms. The summed E-state index contributed by atoms with van der Waals surface area (Å²) in [4.78, 5) is 9.43. The van der Waals surface area contributed by atoms with E-state index in [0.717, 1.165) is 83.0 Å². The third-order valence-electron chi connectivity index (χ3n) is 8.69. The molecule has 0 saturated carbocycles. The molecule has 6 nitrogen and oxygen atoms in total. The van der Waals surface area contributed by atoms with Crippen LogP contribution in [0.1, 0.15) is 0 Å². The highest BCUT2D eigenvalue weighted by atomic mass is 16.5. The van der Waals surface area contributed by atoms with Gasteiger partial charge < -0.3 is 9.15 Å². The molecular weight excluding hydrogens is 544 g/mol. The number of aromatic nitrogens is 4. The van der Waals surface area contributed by atoms with E-state index in [1.807, 2.05) is 67.1 Å². The van der Waals surface area contributed by atoms with Crippen LogP contribution in [0.15, 0.2) is 138 Å². The Morgan fingerprint density at radius 1 is 0.545 bits per heavy atom. The van der Waals surface area contributed by atoms with E-state index in [2.05, 4.69) is 80.7 Å². The lowest BCUT2D eigenvalue weighted by molar-refractivity contribution is 0.484. The predicted octanol–water partition coefficient (Wildman–Crippen LogP) is 9.82. The number of pyridine rings is 2. The van der Waals surface area contributed by atoms with Gasteiger partial charge in [-0.25, -0.2) is 9.97 Å². The van der Waals surface area contributed by atoms with Crippen molar-refractivity contribution >= 4 is 71.1 Å². The van der Waals surface area contributed by atoms with E-state index in [-0.39, 0.29) is 0 Å². The summed E-state index contributed by atoms with van der Waals surface area (Å²) in [5.74, 6) is 2.30. The highest BCUT2D eigenvalue weighted by molar-refractivity contribution is 6.21. The first-order chi connectivity index (χ1) is 21.8. The smallest absolute Gasteiger partial charge is 0.160 e. The lowest BCUT2D eigenvalue weighted by atomic mass is 10.1. The van der Waals surface area contributed by atoms with Crippen molar-refractivity contribution in [3.05, 3.63) is 134 Å². The first kappa shape index (κ1) is 23.4. The van der Waals surface area contributed by atoms with Gasteiger partial charge in [0.1, 0.15) is 28.5 Å². The van der Waals surface area contributed by atoms with E-state index in [9.17, 15) is 0 Å². The minimum Gasteiger partial charge on any atom is -0.457 e. The third-order valence-corrected chi connectivity index (χ3v) is 8.69. The molecule has 5 aromatic carbocycles. The average Bonchev–Trinajstić information content (AvgIpc) is 3.79. The molecule has 10 rings (SSSR count). The van der Waals surface area contributed by atoms with Crippen LogP contribution < -0.4 is 4.74 Å².